The standard InChI is InChI=1S/C21H19F2N7O2/c1-28-8-11-4-17(14(19(22)23)6-16(11)27-28)25-21(31)15-7-24-30-3-2-18(26-20(15)30)29-9-13-5-12(29)10-32-13/h2-4,6-8,12-13,19H,5,9-10H2,1H3,(H,25,31)/t12-,13-/m1/s1. The molecule has 0 saturated carbocycles. The third kappa shape index (κ3) is 3.00. The van der Waals surface area contributed by atoms with Gasteiger partial charge in [-0.25, -0.2) is 18.3 Å². The van der Waals surface area contributed by atoms with Crippen molar-refractivity contribution in [1.29, 1.82) is 0 Å². The maximum Gasteiger partial charge on any atom is 0.265 e. The molecular formula is C21H19F2N7O2. The van der Waals surface area contributed by atoms with Gasteiger partial charge in [-0.15, -0.1) is 0 Å². The SMILES string of the molecule is Cn1cc2cc(NC(=O)c3cnn4ccc(N5C[C@H]6C[C@@H]5CO6)nc34)c(C(F)F)cc2n1. The summed E-state index contributed by atoms with van der Waals surface area (Å²) >= 11 is 0. The number of benzene rings is 1. The van der Waals surface area contributed by atoms with E-state index in [4.69, 9.17) is 4.74 Å². The second kappa shape index (κ2) is 6.95. The van der Waals surface area contributed by atoms with Crippen molar-refractivity contribution in [3.05, 3.63) is 47.9 Å². The first-order chi connectivity index (χ1) is 15.5. The number of nitrogens with one attached hydrogen (secondary N) is 1. The highest BCUT2D eigenvalue weighted by Crippen LogP contribution is 2.33. The first kappa shape index (κ1) is 19.1. The molecule has 0 radical (unpaired) electrons. The van der Waals surface area contributed by atoms with Gasteiger partial charge in [-0.2, -0.15) is 10.2 Å². The number of nitrogens with zero attached hydrogens (tertiary/aromatic N) is 6. The fourth-order valence-electron chi connectivity index (χ4n) is 4.55. The lowest BCUT2D eigenvalue weighted by Gasteiger charge is -2.27. The Balaban J connectivity index is 1.35. The minimum atomic E-state index is -2.77. The van der Waals surface area contributed by atoms with E-state index in [-0.39, 0.29) is 29.0 Å². The molecule has 2 atom stereocenters. The molecule has 3 aromatic heterocycles. The van der Waals surface area contributed by atoms with Crippen molar-refractivity contribution in [2.45, 2.75) is 25.0 Å². The highest BCUT2D eigenvalue weighted by atomic mass is 19.3. The van der Waals surface area contributed by atoms with Crippen molar-refractivity contribution in [3.8, 4) is 0 Å². The van der Waals surface area contributed by atoms with Gasteiger partial charge in [-0.05, 0) is 24.6 Å². The van der Waals surface area contributed by atoms with Gasteiger partial charge in [0.15, 0.2) is 5.65 Å². The number of hydrogen-bond donors (Lipinski definition) is 1. The number of carbonyl (C=O) groups excluding carboxylic acids is 1. The summed E-state index contributed by atoms with van der Waals surface area (Å²) in [6, 6.07) is 4.93. The Morgan fingerprint density at radius 3 is 2.97 bits per heavy atom. The summed E-state index contributed by atoms with van der Waals surface area (Å²) in [6.07, 6.45) is 3.25. The number of fused-ring (bicyclic) bond motifs is 4. The van der Waals surface area contributed by atoms with Gasteiger partial charge in [0.25, 0.3) is 12.3 Å². The average Bonchev–Trinajstić information content (AvgIpc) is 3.54. The van der Waals surface area contributed by atoms with Gasteiger partial charge in [0.05, 0.1) is 36.2 Å². The smallest absolute Gasteiger partial charge is 0.265 e. The van der Waals surface area contributed by atoms with Crippen molar-refractivity contribution < 1.29 is 18.3 Å². The Hall–Kier alpha value is -3.60. The predicted octanol–water partition coefficient (Wildman–Crippen LogP) is 2.78. The van der Waals surface area contributed by atoms with Crippen LogP contribution in [-0.4, -0.2) is 55.6 Å². The Morgan fingerprint density at radius 2 is 2.22 bits per heavy atom. The van der Waals surface area contributed by atoms with Gasteiger partial charge in [0.2, 0.25) is 0 Å². The number of hydrogen-bond acceptors (Lipinski definition) is 6. The van der Waals surface area contributed by atoms with Crippen LogP contribution in [0.5, 0.6) is 0 Å². The van der Waals surface area contributed by atoms with Crippen molar-refractivity contribution >= 4 is 34.0 Å². The van der Waals surface area contributed by atoms with E-state index in [0.29, 0.717) is 23.2 Å². The third-order valence-corrected chi connectivity index (χ3v) is 6.07. The molecule has 1 amide bonds. The maximum atomic E-state index is 13.7. The Morgan fingerprint density at radius 1 is 1.34 bits per heavy atom. The second-order valence-corrected chi connectivity index (χ2v) is 8.17. The van der Waals surface area contributed by atoms with Gasteiger partial charge >= 0.3 is 0 Å². The summed E-state index contributed by atoms with van der Waals surface area (Å²) in [5.41, 5.74) is 0.758. The lowest BCUT2D eigenvalue weighted by atomic mass is 10.1. The number of ether oxygens (including phenoxy) is 1. The first-order valence-electron chi connectivity index (χ1n) is 10.3. The summed E-state index contributed by atoms with van der Waals surface area (Å²) in [7, 11) is 1.71. The zero-order valence-corrected chi connectivity index (χ0v) is 17.1. The fraction of sp³-hybridized carbons (Fsp3) is 0.333. The molecule has 1 aromatic carbocycles. The topological polar surface area (TPSA) is 89.6 Å². The van der Waals surface area contributed by atoms with E-state index < -0.39 is 12.3 Å². The number of aromatic nitrogens is 5. The van der Waals surface area contributed by atoms with Gasteiger partial charge in [0, 0.05) is 36.9 Å². The van der Waals surface area contributed by atoms with Crippen LogP contribution >= 0.6 is 0 Å². The lowest BCUT2D eigenvalue weighted by Crippen LogP contribution is -2.37. The third-order valence-electron chi connectivity index (χ3n) is 6.07. The molecule has 6 rings (SSSR count). The number of rotatable bonds is 4. The highest BCUT2D eigenvalue weighted by Gasteiger charge is 2.39. The number of carbonyl (C=O) groups is 1. The van der Waals surface area contributed by atoms with Crippen LogP contribution in [0.3, 0.4) is 0 Å². The number of anilines is 2. The Labute approximate surface area is 180 Å². The van der Waals surface area contributed by atoms with E-state index in [1.807, 2.05) is 6.07 Å². The van der Waals surface area contributed by atoms with Crippen molar-refractivity contribution in [2.24, 2.45) is 7.05 Å². The number of morpholine rings is 1. The van der Waals surface area contributed by atoms with E-state index in [1.165, 1.54) is 27.5 Å². The van der Waals surface area contributed by atoms with Crippen molar-refractivity contribution in [2.75, 3.05) is 23.4 Å². The number of alkyl halides is 2. The largest absolute Gasteiger partial charge is 0.374 e. The van der Waals surface area contributed by atoms with Gasteiger partial charge in [-0.1, -0.05) is 0 Å². The Bertz CT molecular complexity index is 1370. The normalized spacial score (nSPS) is 20.2. The van der Waals surface area contributed by atoms with Crippen molar-refractivity contribution in [1.82, 2.24) is 24.4 Å². The molecule has 32 heavy (non-hydrogen) atoms. The van der Waals surface area contributed by atoms with Gasteiger partial charge in [0.1, 0.15) is 11.4 Å². The molecule has 11 heteroatoms. The first-order valence-corrected chi connectivity index (χ1v) is 10.3. The second-order valence-electron chi connectivity index (χ2n) is 8.17. The molecule has 9 nitrogen and oxygen atoms in total. The van der Waals surface area contributed by atoms with Crippen LogP contribution in [0.4, 0.5) is 20.3 Å². The van der Waals surface area contributed by atoms with E-state index in [2.05, 4.69) is 25.4 Å². The molecule has 0 spiro atoms. The van der Waals surface area contributed by atoms with E-state index in [1.54, 1.807) is 19.4 Å². The zero-order valence-electron chi connectivity index (χ0n) is 17.1. The molecule has 1 N–H and O–H groups in total. The van der Waals surface area contributed by atoms with Crippen molar-refractivity contribution in [3.63, 3.8) is 0 Å². The van der Waals surface area contributed by atoms with Crippen LogP contribution in [0.1, 0.15) is 28.8 Å². The predicted molar refractivity (Wildman–Crippen MR) is 112 cm³/mol. The quantitative estimate of drug-likeness (QED) is 0.526. The number of halogens is 2. The molecule has 2 bridgehead atoms. The zero-order chi connectivity index (χ0) is 22.0. The average molecular weight is 439 g/mol. The molecule has 5 heterocycles. The van der Waals surface area contributed by atoms with Crippen LogP contribution in [0.25, 0.3) is 16.6 Å². The van der Waals surface area contributed by atoms with E-state index in [9.17, 15) is 13.6 Å². The highest BCUT2D eigenvalue weighted by molar-refractivity contribution is 6.09. The molecule has 2 saturated heterocycles. The molecule has 0 aliphatic carbocycles. The van der Waals surface area contributed by atoms with Crippen LogP contribution in [0.2, 0.25) is 0 Å². The Kier molecular flexibility index (Phi) is 4.15. The maximum absolute atomic E-state index is 13.7. The molecule has 0 unspecified atom stereocenters. The van der Waals surface area contributed by atoms with Gasteiger partial charge < -0.3 is 15.0 Å². The minimum Gasteiger partial charge on any atom is -0.374 e. The van der Waals surface area contributed by atoms with Crippen LogP contribution < -0.4 is 10.2 Å². The monoisotopic (exact) mass is 439 g/mol. The summed E-state index contributed by atoms with van der Waals surface area (Å²) in [5.74, 6) is 0.189. The molecule has 164 valence electrons. The summed E-state index contributed by atoms with van der Waals surface area (Å²) < 4.78 is 36.0. The molecular weight excluding hydrogens is 420 g/mol. The van der Waals surface area contributed by atoms with Crippen LogP contribution in [0, 0.1) is 0 Å². The van der Waals surface area contributed by atoms with E-state index >= 15 is 0 Å². The minimum absolute atomic E-state index is 0.0370. The number of amides is 1. The summed E-state index contributed by atoms with van der Waals surface area (Å²) in [4.78, 5) is 19.9. The van der Waals surface area contributed by atoms with Crippen LogP contribution in [-0.2, 0) is 11.8 Å². The summed E-state index contributed by atoms with van der Waals surface area (Å²) in [5, 5.41) is 11.6. The van der Waals surface area contributed by atoms with E-state index in [0.717, 1.165) is 18.8 Å². The number of aryl methyl sites for hydroxylation is 1. The molecule has 4 aromatic rings. The van der Waals surface area contributed by atoms with Crippen LogP contribution in [0.15, 0.2) is 36.8 Å². The fourth-order valence-corrected chi connectivity index (χ4v) is 4.55. The summed E-state index contributed by atoms with van der Waals surface area (Å²) in [6.45, 7) is 1.42. The molecule has 2 aliphatic rings. The molecule has 2 aliphatic heterocycles. The molecule has 2 fully saturated rings. The van der Waals surface area contributed by atoms with Gasteiger partial charge in [-0.3, -0.25) is 9.48 Å². The lowest BCUT2D eigenvalue weighted by molar-refractivity contribution is 0.0988.